The van der Waals surface area contributed by atoms with Crippen molar-refractivity contribution in [1.82, 2.24) is 0 Å². The molecule has 1 unspecified atom stereocenters. The summed E-state index contributed by atoms with van der Waals surface area (Å²) in [5.41, 5.74) is 0. The highest BCUT2D eigenvalue weighted by atomic mass is 16.6. The fourth-order valence-electron chi connectivity index (χ4n) is 0.455. The van der Waals surface area contributed by atoms with Crippen LogP contribution in [0.1, 0.15) is 6.92 Å². The zero-order valence-electron chi connectivity index (χ0n) is 7.52. The Hall–Kier alpha value is -1.36. The second-order valence-electron chi connectivity index (χ2n) is 2.35. The van der Waals surface area contributed by atoms with Gasteiger partial charge in [0.2, 0.25) is 0 Å². The van der Waals surface area contributed by atoms with Crippen molar-refractivity contribution >= 4 is 11.9 Å². The summed E-state index contributed by atoms with van der Waals surface area (Å²) in [5.74, 6) is -1.87. The molecule has 0 fully saturated rings. The highest BCUT2D eigenvalue weighted by molar-refractivity contribution is 5.90. The number of carboxylic acid groups (broad SMARTS) is 1. The molecule has 0 saturated carbocycles. The van der Waals surface area contributed by atoms with Crippen LogP contribution in [0.15, 0.2) is 12.2 Å². The predicted molar refractivity (Wildman–Crippen MR) is 44.2 cm³/mol. The molecule has 0 aliphatic carbocycles. The molecule has 0 aromatic carbocycles. The van der Waals surface area contributed by atoms with E-state index in [1.165, 1.54) is 7.11 Å². The lowest BCUT2D eigenvalue weighted by atomic mass is 10.4. The highest BCUT2D eigenvalue weighted by Crippen LogP contribution is 1.90. The van der Waals surface area contributed by atoms with Gasteiger partial charge in [0.1, 0.15) is 6.61 Å². The maximum absolute atomic E-state index is 10.7. The van der Waals surface area contributed by atoms with E-state index in [-0.39, 0.29) is 12.7 Å². The first-order chi connectivity index (χ1) is 6.06. The maximum atomic E-state index is 10.7. The third-order valence-corrected chi connectivity index (χ3v) is 1.22. The molecule has 0 radical (unpaired) electrons. The quantitative estimate of drug-likeness (QED) is 0.493. The van der Waals surface area contributed by atoms with Gasteiger partial charge < -0.3 is 14.6 Å². The van der Waals surface area contributed by atoms with Crippen LogP contribution in [0.2, 0.25) is 0 Å². The molecule has 0 aliphatic rings. The average Bonchev–Trinajstić information content (AvgIpc) is 2.10. The number of carboxylic acids is 1. The summed E-state index contributed by atoms with van der Waals surface area (Å²) in [6.45, 7) is 1.84. The van der Waals surface area contributed by atoms with E-state index in [1.807, 2.05) is 0 Å². The van der Waals surface area contributed by atoms with Gasteiger partial charge in [-0.05, 0) is 6.92 Å². The Kier molecular flexibility index (Phi) is 5.54. The lowest BCUT2D eigenvalue weighted by Crippen LogP contribution is -2.16. The van der Waals surface area contributed by atoms with Gasteiger partial charge in [-0.1, -0.05) is 0 Å². The van der Waals surface area contributed by atoms with Crippen molar-refractivity contribution in [3.63, 3.8) is 0 Å². The molecule has 0 aromatic heterocycles. The molecule has 0 bridgehead atoms. The molecule has 0 aromatic rings. The molecule has 74 valence electrons. The number of ether oxygens (including phenoxy) is 2. The molecular weight excluding hydrogens is 176 g/mol. The third-order valence-electron chi connectivity index (χ3n) is 1.22. The summed E-state index contributed by atoms with van der Waals surface area (Å²) in [6.07, 6.45) is 1.38. The average molecular weight is 188 g/mol. The fourth-order valence-corrected chi connectivity index (χ4v) is 0.455. The van der Waals surface area contributed by atoms with Crippen molar-refractivity contribution in [2.45, 2.75) is 13.0 Å². The minimum atomic E-state index is -1.18. The Labute approximate surface area is 75.9 Å². The number of carbonyl (C=O) groups is 2. The summed E-state index contributed by atoms with van der Waals surface area (Å²) >= 11 is 0. The maximum Gasteiger partial charge on any atom is 0.331 e. The number of rotatable bonds is 5. The molecule has 13 heavy (non-hydrogen) atoms. The van der Waals surface area contributed by atoms with E-state index in [9.17, 15) is 9.59 Å². The number of aliphatic carboxylic acids is 1. The topological polar surface area (TPSA) is 72.8 Å². The Morgan fingerprint density at radius 3 is 2.54 bits per heavy atom. The number of methoxy groups -OCH3 is 1. The summed E-state index contributed by atoms with van der Waals surface area (Å²) < 4.78 is 9.44. The summed E-state index contributed by atoms with van der Waals surface area (Å²) in [4.78, 5) is 20.7. The Morgan fingerprint density at radius 1 is 1.46 bits per heavy atom. The van der Waals surface area contributed by atoms with Crippen LogP contribution in [-0.4, -0.2) is 36.9 Å². The van der Waals surface area contributed by atoms with Gasteiger partial charge >= 0.3 is 11.9 Å². The number of hydrogen-bond acceptors (Lipinski definition) is 4. The normalized spacial score (nSPS) is 12.8. The van der Waals surface area contributed by atoms with E-state index < -0.39 is 11.9 Å². The smallest absolute Gasteiger partial charge is 0.331 e. The molecule has 0 saturated heterocycles. The Morgan fingerprint density at radius 2 is 2.08 bits per heavy atom. The van der Waals surface area contributed by atoms with Gasteiger partial charge in [-0.2, -0.15) is 0 Å². The molecule has 0 heterocycles. The second-order valence-corrected chi connectivity index (χ2v) is 2.35. The van der Waals surface area contributed by atoms with Crippen molar-refractivity contribution in [2.75, 3.05) is 13.7 Å². The third kappa shape index (κ3) is 7.02. The van der Waals surface area contributed by atoms with Gasteiger partial charge in [-0.25, -0.2) is 9.59 Å². The summed E-state index contributed by atoms with van der Waals surface area (Å²) in [6, 6.07) is 0. The standard InChI is InChI=1S/C8H12O5/c1-6(12-2)5-13-8(11)4-3-7(9)10/h3-4,6H,5H2,1-2H3,(H,9,10)/b4-3-. The van der Waals surface area contributed by atoms with Crippen LogP contribution in [0.25, 0.3) is 0 Å². The zero-order chi connectivity index (χ0) is 10.3. The Balaban J connectivity index is 3.69. The zero-order valence-corrected chi connectivity index (χ0v) is 7.52. The second kappa shape index (κ2) is 6.19. The first-order valence-electron chi connectivity index (χ1n) is 3.66. The van der Waals surface area contributed by atoms with Crippen LogP contribution in [0.5, 0.6) is 0 Å². The SMILES string of the molecule is COC(C)COC(=O)/C=C\C(=O)O. The van der Waals surface area contributed by atoms with E-state index in [0.29, 0.717) is 0 Å². The first kappa shape index (κ1) is 11.6. The van der Waals surface area contributed by atoms with Crippen molar-refractivity contribution < 1.29 is 24.2 Å². The molecule has 5 heteroatoms. The van der Waals surface area contributed by atoms with Crippen LogP contribution in [0, 0.1) is 0 Å². The fraction of sp³-hybridized carbons (Fsp3) is 0.500. The van der Waals surface area contributed by atoms with Crippen molar-refractivity contribution in [3.05, 3.63) is 12.2 Å². The molecular formula is C8H12O5. The van der Waals surface area contributed by atoms with Crippen LogP contribution in [-0.2, 0) is 19.1 Å². The number of hydrogen-bond donors (Lipinski definition) is 1. The van der Waals surface area contributed by atoms with E-state index in [1.54, 1.807) is 6.92 Å². The van der Waals surface area contributed by atoms with Crippen LogP contribution in [0.4, 0.5) is 0 Å². The largest absolute Gasteiger partial charge is 0.478 e. The first-order valence-corrected chi connectivity index (χ1v) is 3.66. The van der Waals surface area contributed by atoms with Gasteiger partial charge in [0.15, 0.2) is 0 Å². The minimum absolute atomic E-state index is 0.110. The predicted octanol–water partition coefficient (Wildman–Crippen LogP) is 0.205. The minimum Gasteiger partial charge on any atom is -0.478 e. The molecule has 5 nitrogen and oxygen atoms in total. The highest BCUT2D eigenvalue weighted by Gasteiger charge is 2.03. The molecule has 0 aliphatic heterocycles. The summed E-state index contributed by atoms with van der Waals surface area (Å²) in [7, 11) is 1.49. The van der Waals surface area contributed by atoms with E-state index in [4.69, 9.17) is 9.84 Å². The molecule has 1 N–H and O–H groups in total. The van der Waals surface area contributed by atoms with Crippen LogP contribution < -0.4 is 0 Å². The van der Waals surface area contributed by atoms with E-state index in [0.717, 1.165) is 12.2 Å². The van der Waals surface area contributed by atoms with Crippen molar-refractivity contribution in [1.29, 1.82) is 0 Å². The lowest BCUT2D eigenvalue weighted by molar-refractivity contribution is -0.141. The molecule has 0 rings (SSSR count). The van der Waals surface area contributed by atoms with Gasteiger partial charge in [0, 0.05) is 19.3 Å². The van der Waals surface area contributed by atoms with Gasteiger partial charge in [-0.15, -0.1) is 0 Å². The van der Waals surface area contributed by atoms with Crippen LogP contribution >= 0.6 is 0 Å². The molecule has 1 atom stereocenters. The van der Waals surface area contributed by atoms with Gasteiger partial charge in [0.25, 0.3) is 0 Å². The Bertz CT molecular complexity index is 209. The van der Waals surface area contributed by atoms with Gasteiger partial charge in [0.05, 0.1) is 6.10 Å². The number of esters is 1. The summed E-state index contributed by atoms with van der Waals surface area (Å²) in [5, 5.41) is 8.17. The molecule has 0 spiro atoms. The monoisotopic (exact) mass is 188 g/mol. The van der Waals surface area contributed by atoms with Crippen molar-refractivity contribution in [3.8, 4) is 0 Å². The van der Waals surface area contributed by atoms with E-state index in [2.05, 4.69) is 4.74 Å². The van der Waals surface area contributed by atoms with Crippen LogP contribution in [0.3, 0.4) is 0 Å². The van der Waals surface area contributed by atoms with E-state index >= 15 is 0 Å². The lowest BCUT2D eigenvalue weighted by Gasteiger charge is -2.07. The molecule has 0 amide bonds. The van der Waals surface area contributed by atoms with Gasteiger partial charge in [-0.3, -0.25) is 0 Å². The number of carbonyl (C=O) groups excluding carboxylic acids is 1. The van der Waals surface area contributed by atoms with Crippen molar-refractivity contribution in [2.24, 2.45) is 0 Å².